The predicted molar refractivity (Wildman–Crippen MR) is 126 cm³/mol. The van der Waals surface area contributed by atoms with Crippen molar-refractivity contribution >= 4 is 29.3 Å². The molecule has 0 bridgehead atoms. The molecule has 10 nitrogen and oxygen atoms in total. The van der Waals surface area contributed by atoms with Crippen molar-refractivity contribution in [3.05, 3.63) is 53.6 Å². The Hall–Kier alpha value is -4.10. The molecule has 3 atom stereocenters. The van der Waals surface area contributed by atoms with Crippen molar-refractivity contribution in [3.8, 4) is 11.8 Å². The van der Waals surface area contributed by atoms with E-state index in [0.717, 1.165) is 0 Å². The predicted octanol–water partition coefficient (Wildman–Crippen LogP) is 3.15. The van der Waals surface area contributed by atoms with Crippen LogP contribution in [0.1, 0.15) is 35.2 Å². The summed E-state index contributed by atoms with van der Waals surface area (Å²) >= 11 is 0. The van der Waals surface area contributed by atoms with E-state index in [1.165, 1.54) is 7.11 Å². The average molecular weight is 479 g/mol. The third-order valence-corrected chi connectivity index (χ3v) is 6.14. The number of fused-ring (bicyclic) bond motifs is 2. The van der Waals surface area contributed by atoms with Crippen LogP contribution < -0.4 is 15.4 Å². The number of carbonyl (C=O) groups excluding carboxylic acids is 3. The zero-order chi connectivity index (χ0) is 24.9. The zero-order valence-electron chi connectivity index (χ0n) is 19.4. The number of hydrogen-bond donors (Lipinski definition) is 2. The number of hydrogen-bond acceptors (Lipinski definition) is 7. The fourth-order valence-electron chi connectivity index (χ4n) is 4.33. The van der Waals surface area contributed by atoms with Crippen LogP contribution in [-0.2, 0) is 14.3 Å². The van der Waals surface area contributed by atoms with E-state index in [4.69, 9.17) is 19.5 Å². The van der Waals surface area contributed by atoms with Gasteiger partial charge in [0.15, 0.2) is 0 Å². The Labute approximate surface area is 202 Å². The van der Waals surface area contributed by atoms with Crippen molar-refractivity contribution < 1.29 is 28.6 Å². The number of methoxy groups -OCH3 is 1. The number of benzene rings is 2. The quantitative estimate of drug-likeness (QED) is 0.646. The summed E-state index contributed by atoms with van der Waals surface area (Å²) in [5.41, 5.74) is 1.64. The van der Waals surface area contributed by atoms with Crippen LogP contribution in [0.3, 0.4) is 0 Å². The first-order valence-corrected chi connectivity index (χ1v) is 11.2. The van der Waals surface area contributed by atoms with Crippen molar-refractivity contribution in [1.29, 1.82) is 5.26 Å². The Kier molecular flexibility index (Phi) is 7.17. The van der Waals surface area contributed by atoms with Gasteiger partial charge in [0, 0.05) is 18.4 Å². The first-order chi connectivity index (χ1) is 16.9. The molecular formula is C25H26N4O6. The maximum absolute atomic E-state index is 13.3. The molecule has 2 heterocycles. The van der Waals surface area contributed by atoms with Gasteiger partial charge in [-0.3, -0.25) is 9.59 Å². The highest BCUT2D eigenvalue weighted by atomic mass is 16.5. The number of nitrogens with one attached hydrogen (secondary N) is 2. The summed E-state index contributed by atoms with van der Waals surface area (Å²) in [6, 6.07) is 12.7. The van der Waals surface area contributed by atoms with E-state index >= 15 is 0 Å². The van der Waals surface area contributed by atoms with Gasteiger partial charge >= 0.3 is 12.0 Å². The van der Waals surface area contributed by atoms with Gasteiger partial charge in [0.2, 0.25) is 0 Å². The Morgan fingerprint density at radius 3 is 2.69 bits per heavy atom. The summed E-state index contributed by atoms with van der Waals surface area (Å²) in [6.45, 7) is 0.218. The van der Waals surface area contributed by atoms with E-state index in [9.17, 15) is 14.4 Å². The standard InChI is InChI=1S/C25H26N4O6/c1-29-20-8-7-18(12-23(30)33-2)35-22(20)14-34-21-9-6-17(11-19(21)24(29)31)28-25(32)27-16-5-3-4-15(10-16)13-26/h3-6,9-11,18,20,22H,7-8,12,14H2,1-2H3,(H2,27,28,32)/t18-,20+,22+/m0/s1. The van der Waals surface area contributed by atoms with Crippen molar-refractivity contribution in [3.63, 3.8) is 0 Å². The van der Waals surface area contributed by atoms with Crippen LogP contribution in [0.5, 0.6) is 5.75 Å². The molecule has 1 fully saturated rings. The molecule has 2 aliphatic heterocycles. The SMILES string of the molecule is COC(=O)C[C@@H]1CC[C@@H]2[C@@H](COc3ccc(NC(=O)Nc4cccc(C#N)c4)cc3C(=O)N2C)O1. The summed E-state index contributed by atoms with van der Waals surface area (Å²) < 4.78 is 16.7. The van der Waals surface area contributed by atoms with E-state index in [-0.39, 0.29) is 43.2 Å². The fourth-order valence-corrected chi connectivity index (χ4v) is 4.33. The maximum Gasteiger partial charge on any atom is 0.323 e. The number of anilines is 2. The van der Waals surface area contributed by atoms with Gasteiger partial charge in [0.05, 0.1) is 42.9 Å². The van der Waals surface area contributed by atoms with Crippen LogP contribution in [0.25, 0.3) is 0 Å². The van der Waals surface area contributed by atoms with E-state index in [0.29, 0.717) is 41.1 Å². The molecule has 0 aliphatic carbocycles. The Morgan fingerprint density at radius 1 is 1.17 bits per heavy atom. The minimum atomic E-state index is -0.509. The molecule has 10 heteroatoms. The lowest BCUT2D eigenvalue weighted by atomic mass is 9.94. The number of rotatable bonds is 4. The molecule has 35 heavy (non-hydrogen) atoms. The van der Waals surface area contributed by atoms with Gasteiger partial charge in [0.25, 0.3) is 5.91 Å². The Morgan fingerprint density at radius 2 is 1.94 bits per heavy atom. The van der Waals surface area contributed by atoms with Gasteiger partial charge in [0.1, 0.15) is 18.5 Å². The summed E-state index contributed by atoms with van der Waals surface area (Å²) in [5.74, 6) is -0.209. The van der Waals surface area contributed by atoms with Gasteiger partial charge in [-0.05, 0) is 49.2 Å². The van der Waals surface area contributed by atoms with Crippen molar-refractivity contribution in [2.45, 2.75) is 37.5 Å². The van der Waals surface area contributed by atoms with Crippen molar-refractivity contribution in [2.75, 3.05) is 31.4 Å². The molecular weight excluding hydrogens is 452 g/mol. The molecule has 2 N–H and O–H groups in total. The number of nitrogens with zero attached hydrogens (tertiary/aromatic N) is 2. The third-order valence-electron chi connectivity index (χ3n) is 6.14. The molecule has 0 unspecified atom stereocenters. The van der Waals surface area contributed by atoms with Gasteiger partial charge < -0.3 is 29.7 Å². The largest absolute Gasteiger partial charge is 0.490 e. The second-order valence-electron chi connectivity index (χ2n) is 8.43. The van der Waals surface area contributed by atoms with E-state index < -0.39 is 6.03 Å². The van der Waals surface area contributed by atoms with Crippen molar-refractivity contribution in [2.24, 2.45) is 0 Å². The Balaban J connectivity index is 1.47. The molecule has 0 saturated carbocycles. The zero-order valence-corrected chi connectivity index (χ0v) is 19.4. The molecule has 0 radical (unpaired) electrons. The molecule has 2 aromatic carbocycles. The first-order valence-electron chi connectivity index (χ1n) is 11.2. The summed E-state index contributed by atoms with van der Waals surface area (Å²) in [7, 11) is 3.06. The van der Waals surface area contributed by atoms with E-state index in [1.54, 1.807) is 54.4 Å². The summed E-state index contributed by atoms with van der Waals surface area (Å²) in [4.78, 5) is 39.0. The molecule has 4 rings (SSSR count). The summed E-state index contributed by atoms with van der Waals surface area (Å²) in [6.07, 6.45) is 0.776. The number of esters is 1. The van der Waals surface area contributed by atoms with Crippen molar-refractivity contribution in [1.82, 2.24) is 4.90 Å². The van der Waals surface area contributed by atoms with E-state index in [1.807, 2.05) is 6.07 Å². The molecule has 1 saturated heterocycles. The lowest BCUT2D eigenvalue weighted by Gasteiger charge is -2.42. The minimum absolute atomic E-state index is 0.159. The number of carbonyl (C=O) groups is 3. The molecule has 2 aromatic rings. The van der Waals surface area contributed by atoms with Crippen LogP contribution in [0.2, 0.25) is 0 Å². The van der Waals surface area contributed by atoms with Crippen LogP contribution in [0.15, 0.2) is 42.5 Å². The third kappa shape index (κ3) is 5.53. The van der Waals surface area contributed by atoms with Gasteiger partial charge in [-0.1, -0.05) is 6.07 Å². The fraction of sp³-hybridized carbons (Fsp3) is 0.360. The second kappa shape index (κ2) is 10.4. The minimum Gasteiger partial charge on any atom is -0.490 e. The average Bonchev–Trinajstić information content (AvgIpc) is 2.86. The number of nitriles is 1. The monoisotopic (exact) mass is 478 g/mol. The summed E-state index contributed by atoms with van der Waals surface area (Å²) in [5, 5.41) is 14.4. The topological polar surface area (TPSA) is 130 Å². The van der Waals surface area contributed by atoms with Crippen LogP contribution in [-0.4, -0.2) is 61.8 Å². The lowest BCUT2D eigenvalue weighted by molar-refractivity contribution is -0.151. The van der Waals surface area contributed by atoms with Gasteiger partial charge in [-0.2, -0.15) is 5.26 Å². The highest BCUT2D eigenvalue weighted by molar-refractivity contribution is 6.02. The first kappa shape index (κ1) is 24.0. The van der Waals surface area contributed by atoms with E-state index in [2.05, 4.69) is 10.6 Å². The molecule has 0 aromatic heterocycles. The van der Waals surface area contributed by atoms with Crippen LogP contribution in [0.4, 0.5) is 16.2 Å². The number of likely N-dealkylation sites (N-methyl/N-ethyl adjacent to an activating group) is 1. The van der Waals surface area contributed by atoms with Gasteiger partial charge in [-0.25, -0.2) is 4.79 Å². The number of ether oxygens (including phenoxy) is 3. The molecule has 2 aliphatic rings. The normalized spacial score (nSPS) is 21.2. The highest BCUT2D eigenvalue weighted by Gasteiger charge is 2.39. The Bertz CT molecular complexity index is 1180. The molecule has 182 valence electrons. The van der Waals surface area contributed by atoms with Gasteiger partial charge in [-0.15, -0.1) is 0 Å². The lowest BCUT2D eigenvalue weighted by Crippen LogP contribution is -2.53. The number of urea groups is 1. The van der Waals surface area contributed by atoms with Crippen LogP contribution in [0, 0.1) is 11.3 Å². The van der Waals surface area contributed by atoms with Crippen LogP contribution >= 0.6 is 0 Å². The smallest absolute Gasteiger partial charge is 0.323 e. The second-order valence-corrected chi connectivity index (χ2v) is 8.43. The highest BCUT2D eigenvalue weighted by Crippen LogP contribution is 2.32. The molecule has 3 amide bonds. The number of amides is 3. The maximum atomic E-state index is 13.3. The molecule has 0 spiro atoms.